The number of tetrazole rings is 1. The van der Waals surface area contributed by atoms with Crippen molar-refractivity contribution in [2.24, 2.45) is 0 Å². The number of hydrogen-bond donors (Lipinski definition) is 0. The van der Waals surface area contributed by atoms with Crippen molar-refractivity contribution in [2.75, 3.05) is 0 Å². The molecular weight excluding hydrogens is 320 g/mol. The molecule has 0 spiro atoms. The summed E-state index contributed by atoms with van der Waals surface area (Å²) in [6.45, 7) is 2.04. The minimum Gasteiger partial charge on any atom is -0.223 e. The van der Waals surface area contributed by atoms with E-state index in [1.54, 1.807) is 10.7 Å². The van der Waals surface area contributed by atoms with Crippen LogP contribution in [0, 0.1) is 6.92 Å². The highest BCUT2D eigenvalue weighted by molar-refractivity contribution is 7.20. The van der Waals surface area contributed by atoms with Gasteiger partial charge in [0.25, 0.3) is 0 Å². The van der Waals surface area contributed by atoms with E-state index in [-0.39, 0.29) is 0 Å². The quantitative estimate of drug-likeness (QED) is 0.528. The molecule has 3 aromatic heterocycles. The van der Waals surface area contributed by atoms with Crippen LogP contribution in [0.1, 0.15) is 5.56 Å². The summed E-state index contributed by atoms with van der Waals surface area (Å²) >= 11 is 7.31. The topological polar surface area (TPSA) is 69.4 Å². The Hall–Kier alpha value is -2.38. The van der Waals surface area contributed by atoms with E-state index in [2.05, 4.69) is 25.5 Å². The molecule has 0 atom stereocenters. The molecule has 4 aromatic rings. The molecule has 0 aliphatic rings. The van der Waals surface area contributed by atoms with Gasteiger partial charge in [-0.1, -0.05) is 52.8 Å². The smallest absolute Gasteiger partial charge is 0.216 e. The molecule has 0 N–H and O–H groups in total. The van der Waals surface area contributed by atoms with E-state index in [4.69, 9.17) is 11.6 Å². The number of hydrogen-bond acceptors (Lipinski definition) is 6. The van der Waals surface area contributed by atoms with Crippen LogP contribution in [-0.4, -0.2) is 30.2 Å². The molecule has 0 saturated carbocycles. The van der Waals surface area contributed by atoms with Crippen molar-refractivity contribution in [3.63, 3.8) is 0 Å². The normalized spacial score (nSPS) is 11.2. The number of aryl methyl sites for hydroxylation is 1. The van der Waals surface area contributed by atoms with Gasteiger partial charge in [-0.05, 0) is 29.5 Å². The van der Waals surface area contributed by atoms with Crippen molar-refractivity contribution in [3.05, 3.63) is 47.1 Å². The van der Waals surface area contributed by atoms with Crippen LogP contribution in [0.5, 0.6) is 0 Å². The average molecular weight is 329 g/mol. The van der Waals surface area contributed by atoms with E-state index >= 15 is 0 Å². The first kappa shape index (κ1) is 13.3. The zero-order valence-corrected chi connectivity index (χ0v) is 13.0. The highest BCUT2D eigenvalue weighted by Gasteiger charge is 2.15. The molecule has 4 rings (SSSR count). The molecule has 0 radical (unpaired) electrons. The average Bonchev–Trinajstić information content (AvgIpc) is 3.13. The highest BCUT2D eigenvalue weighted by Crippen LogP contribution is 2.27. The summed E-state index contributed by atoms with van der Waals surface area (Å²) in [7, 11) is 0. The van der Waals surface area contributed by atoms with Crippen LogP contribution in [0.2, 0.25) is 5.15 Å². The largest absolute Gasteiger partial charge is 0.223 e. The van der Waals surface area contributed by atoms with Crippen molar-refractivity contribution < 1.29 is 0 Å². The standard InChI is InChI=1S/C14H9ClN6S/c1-8-2-4-9(5-3-8)12-18-19-20-21(12)14-16-10-6-7-11(15)17-13(10)22-14/h2-7H,1H3. The fraction of sp³-hybridized carbons (Fsp3) is 0.0714. The van der Waals surface area contributed by atoms with Gasteiger partial charge in [0.05, 0.1) is 0 Å². The third kappa shape index (κ3) is 2.24. The minimum atomic E-state index is 0.443. The van der Waals surface area contributed by atoms with Crippen LogP contribution in [0.15, 0.2) is 36.4 Å². The second-order valence-corrected chi connectivity index (χ2v) is 6.08. The lowest BCUT2D eigenvalue weighted by molar-refractivity contribution is 0.788. The number of aromatic nitrogens is 6. The predicted molar refractivity (Wildman–Crippen MR) is 85.3 cm³/mol. The van der Waals surface area contributed by atoms with Gasteiger partial charge >= 0.3 is 0 Å². The molecule has 0 bridgehead atoms. The molecule has 8 heteroatoms. The SMILES string of the molecule is Cc1ccc(-c2nnnn2-c2nc3ccc(Cl)nc3s2)cc1. The number of halogens is 1. The van der Waals surface area contributed by atoms with Gasteiger partial charge in [0, 0.05) is 5.56 Å². The molecule has 0 amide bonds. The first-order chi connectivity index (χ1) is 10.7. The molecule has 0 saturated heterocycles. The molecule has 0 aliphatic carbocycles. The van der Waals surface area contributed by atoms with Crippen molar-refractivity contribution in [2.45, 2.75) is 6.92 Å². The number of thiazole rings is 1. The maximum atomic E-state index is 5.92. The van der Waals surface area contributed by atoms with Gasteiger partial charge in [-0.3, -0.25) is 0 Å². The third-order valence-electron chi connectivity index (χ3n) is 3.17. The molecule has 1 aromatic carbocycles. The number of nitrogens with zero attached hydrogens (tertiary/aromatic N) is 6. The fourth-order valence-electron chi connectivity index (χ4n) is 2.07. The molecule has 3 heterocycles. The second-order valence-electron chi connectivity index (χ2n) is 4.74. The summed E-state index contributed by atoms with van der Waals surface area (Å²) in [5, 5.41) is 13.0. The van der Waals surface area contributed by atoms with Crippen molar-refractivity contribution in [3.8, 4) is 16.5 Å². The molecule has 22 heavy (non-hydrogen) atoms. The molecular formula is C14H9ClN6S. The monoisotopic (exact) mass is 328 g/mol. The Kier molecular flexibility index (Phi) is 3.09. The van der Waals surface area contributed by atoms with Crippen molar-refractivity contribution in [1.29, 1.82) is 0 Å². The van der Waals surface area contributed by atoms with Crippen LogP contribution in [0.4, 0.5) is 0 Å². The Morgan fingerprint density at radius 1 is 1.05 bits per heavy atom. The first-order valence-corrected chi connectivity index (χ1v) is 7.69. The molecule has 0 fully saturated rings. The third-order valence-corrected chi connectivity index (χ3v) is 4.32. The molecule has 108 valence electrons. The van der Waals surface area contributed by atoms with Gasteiger partial charge in [-0.25, -0.2) is 9.97 Å². The van der Waals surface area contributed by atoms with Gasteiger partial charge in [-0.2, -0.15) is 4.68 Å². The zero-order valence-electron chi connectivity index (χ0n) is 11.4. The van der Waals surface area contributed by atoms with Gasteiger partial charge in [0.2, 0.25) is 5.13 Å². The summed E-state index contributed by atoms with van der Waals surface area (Å²) in [6, 6.07) is 11.6. The summed E-state index contributed by atoms with van der Waals surface area (Å²) in [4.78, 5) is 9.53. The van der Waals surface area contributed by atoms with E-state index in [1.807, 2.05) is 37.3 Å². The molecule has 0 aliphatic heterocycles. The fourth-order valence-corrected chi connectivity index (χ4v) is 3.16. The Morgan fingerprint density at radius 3 is 2.68 bits per heavy atom. The Morgan fingerprint density at radius 2 is 1.86 bits per heavy atom. The van der Waals surface area contributed by atoms with Crippen LogP contribution in [-0.2, 0) is 0 Å². The van der Waals surface area contributed by atoms with Crippen molar-refractivity contribution in [1.82, 2.24) is 30.2 Å². The highest BCUT2D eigenvalue weighted by atomic mass is 35.5. The summed E-state index contributed by atoms with van der Waals surface area (Å²) < 4.78 is 1.62. The van der Waals surface area contributed by atoms with Gasteiger partial charge in [-0.15, -0.1) is 5.10 Å². The summed E-state index contributed by atoms with van der Waals surface area (Å²) in [5.41, 5.74) is 2.89. The summed E-state index contributed by atoms with van der Waals surface area (Å²) in [6.07, 6.45) is 0. The number of rotatable bonds is 2. The van der Waals surface area contributed by atoms with E-state index in [9.17, 15) is 0 Å². The van der Waals surface area contributed by atoms with Gasteiger partial charge in [0.1, 0.15) is 15.5 Å². The van der Waals surface area contributed by atoms with Crippen molar-refractivity contribution >= 4 is 33.3 Å². The van der Waals surface area contributed by atoms with Crippen LogP contribution in [0.3, 0.4) is 0 Å². The van der Waals surface area contributed by atoms with Gasteiger partial charge in [0.15, 0.2) is 5.82 Å². The van der Waals surface area contributed by atoms with Crippen LogP contribution < -0.4 is 0 Å². The lowest BCUT2D eigenvalue weighted by Crippen LogP contribution is -1.99. The summed E-state index contributed by atoms with van der Waals surface area (Å²) in [5.74, 6) is 0.644. The maximum absolute atomic E-state index is 5.92. The van der Waals surface area contributed by atoms with Gasteiger partial charge < -0.3 is 0 Å². The van der Waals surface area contributed by atoms with E-state index in [0.29, 0.717) is 16.1 Å². The number of fused-ring (bicyclic) bond motifs is 1. The number of benzene rings is 1. The molecule has 6 nitrogen and oxygen atoms in total. The lowest BCUT2D eigenvalue weighted by Gasteiger charge is -2.01. The van der Waals surface area contributed by atoms with E-state index in [0.717, 1.165) is 15.9 Å². The minimum absolute atomic E-state index is 0.443. The van der Waals surface area contributed by atoms with E-state index in [1.165, 1.54) is 16.9 Å². The molecule has 0 unspecified atom stereocenters. The number of pyridine rings is 1. The Balaban J connectivity index is 1.85. The maximum Gasteiger partial charge on any atom is 0.216 e. The Labute approximate surface area is 134 Å². The Bertz CT molecular complexity index is 959. The zero-order chi connectivity index (χ0) is 15.1. The second kappa shape index (κ2) is 5.11. The van der Waals surface area contributed by atoms with Crippen LogP contribution >= 0.6 is 22.9 Å². The van der Waals surface area contributed by atoms with E-state index < -0.39 is 0 Å². The van der Waals surface area contributed by atoms with Crippen LogP contribution in [0.25, 0.3) is 26.9 Å². The predicted octanol–water partition coefficient (Wildman–Crippen LogP) is 3.30. The first-order valence-electron chi connectivity index (χ1n) is 6.49. The lowest BCUT2D eigenvalue weighted by atomic mass is 10.1.